The van der Waals surface area contributed by atoms with Gasteiger partial charge >= 0.3 is 5.97 Å². The third-order valence-electron chi connectivity index (χ3n) is 6.59. The second-order valence-corrected chi connectivity index (χ2v) is 8.06. The minimum atomic E-state index is -0.871. The lowest BCUT2D eigenvalue weighted by molar-refractivity contribution is 0.0697. The Hall–Kier alpha value is -2.00. The molecule has 2 aliphatic carbocycles. The van der Waals surface area contributed by atoms with Gasteiger partial charge in [-0.15, -0.1) is 0 Å². The molecule has 0 radical (unpaired) electrons. The molecule has 0 saturated heterocycles. The van der Waals surface area contributed by atoms with Gasteiger partial charge < -0.3 is 10.4 Å². The van der Waals surface area contributed by atoms with Gasteiger partial charge in [0, 0.05) is 5.02 Å². The standard InChI is InChI=1S/C21H20ClNO2/c22-16-7-2-1-4-13(16)20-18-12-9-8-11(10-12)17(18)14-5-3-6-15(21(24)25)19(14)23-20/h1-7,11-12,17-18,20,23H,8-10H2,(H,24,25)/t11-,12+,17+,18-,20+/m0/s1. The van der Waals surface area contributed by atoms with Crippen LogP contribution in [0.4, 0.5) is 5.69 Å². The SMILES string of the molecule is O=C(O)c1cccc2c1N[C@H](c1ccccc1Cl)[C@H]1[C@@H]3CC[C@@H](C3)[C@H]21. The first-order valence-corrected chi connectivity index (χ1v) is 9.40. The predicted molar refractivity (Wildman–Crippen MR) is 98.3 cm³/mol. The van der Waals surface area contributed by atoms with Crippen LogP contribution in [0.3, 0.4) is 0 Å². The molecule has 2 bridgehead atoms. The van der Waals surface area contributed by atoms with Crippen molar-refractivity contribution in [3.05, 3.63) is 64.2 Å². The third-order valence-corrected chi connectivity index (χ3v) is 6.94. The fourth-order valence-electron chi connectivity index (χ4n) is 5.73. The van der Waals surface area contributed by atoms with Gasteiger partial charge in [-0.2, -0.15) is 0 Å². The molecule has 128 valence electrons. The summed E-state index contributed by atoms with van der Waals surface area (Å²) in [6.07, 6.45) is 3.80. The molecule has 5 rings (SSSR count). The molecule has 0 spiro atoms. The van der Waals surface area contributed by atoms with Crippen molar-refractivity contribution < 1.29 is 9.90 Å². The minimum Gasteiger partial charge on any atom is -0.478 e. The van der Waals surface area contributed by atoms with Crippen molar-refractivity contribution in [3.63, 3.8) is 0 Å². The normalized spacial score (nSPS) is 32.0. The monoisotopic (exact) mass is 353 g/mol. The number of benzene rings is 2. The molecular weight excluding hydrogens is 334 g/mol. The molecule has 0 aromatic heterocycles. The van der Waals surface area contributed by atoms with E-state index in [0.717, 1.165) is 16.3 Å². The van der Waals surface area contributed by atoms with Gasteiger partial charge in [0.05, 0.1) is 17.3 Å². The zero-order valence-corrected chi connectivity index (χ0v) is 14.5. The molecule has 2 saturated carbocycles. The number of carbonyl (C=O) groups is 1. The van der Waals surface area contributed by atoms with Gasteiger partial charge in [0.25, 0.3) is 0 Å². The van der Waals surface area contributed by atoms with Crippen LogP contribution in [-0.4, -0.2) is 11.1 Å². The molecule has 25 heavy (non-hydrogen) atoms. The lowest BCUT2D eigenvalue weighted by Crippen LogP contribution is -2.36. The Morgan fingerprint density at radius 1 is 1.04 bits per heavy atom. The second-order valence-electron chi connectivity index (χ2n) is 7.65. The summed E-state index contributed by atoms with van der Waals surface area (Å²) in [4.78, 5) is 11.8. The van der Waals surface area contributed by atoms with E-state index in [1.807, 2.05) is 24.3 Å². The van der Waals surface area contributed by atoms with E-state index in [4.69, 9.17) is 11.6 Å². The topological polar surface area (TPSA) is 49.3 Å². The number of carboxylic acid groups (broad SMARTS) is 1. The van der Waals surface area contributed by atoms with E-state index in [2.05, 4.69) is 17.4 Å². The lowest BCUT2D eigenvalue weighted by Gasteiger charge is -2.44. The van der Waals surface area contributed by atoms with Crippen LogP contribution in [0.15, 0.2) is 42.5 Å². The molecule has 0 amide bonds. The van der Waals surface area contributed by atoms with E-state index in [9.17, 15) is 9.90 Å². The minimum absolute atomic E-state index is 0.0852. The van der Waals surface area contributed by atoms with Gasteiger partial charge in [-0.25, -0.2) is 4.79 Å². The van der Waals surface area contributed by atoms with E-state index in [1.165, 1.54) is 24.8 Å². The zero-order chi connectivity index (χ0) is 17.1. The van der Waals surface area contributed by atoms with E-state index in [0.29, 0.717) is 29.2 Å². The first-order valence-electron chi connectivity index (χ1n) is 9.02. The number of para-hydroxylation sites is 1. The maximum Gasteiger partial charge on any atom is 0.337 e. The number of carboxylic acids is 1. The van der Waals surface area contributed by atoms with Crippen molar-refractivity contribution in [2.75, 3.05) is 5.32 Å². The summed E-state index contributed by atoms with van der Waals surface area (Å²) in [6, 6.07) is 13.8. The molecule has 4 heteroatoms. The van der Waals surface area contributed by atoms with Crippen molar-refractivity contribution in [1.82, 2.24) is 0 Å². The van der Waals surface area contributed by atoms with Crippen LogP contribution in [0.2, 0.25) is 5.02 Å². The Morgan fingerprint density at radius 2 is 1.80 bits per heavy atom. The molecule has 3 aliphatic rings. The number of fused-ring (bicyclic) bond motifs is 7. The van der Waals surface area contributed by atoms with E-state index >= 15 is 0 Å². The molecule has 1 heterocycles. The molecule has 2 aromatic carbocycles. The summed E-state index contributed by atoms with van der Waals surface area (Å²) in [5, 5.41) is 14.0. The van der Waals surface area contributed by atoms with Gasteiger partial charge in [0.15, 0.2) is 0 Å². The molecule has 2 aromatic rings. The summed E-state index contributed by atoms with van der Waals surface area (Å²) in [7, 11) is 0. The Kier molecular flexibility index (Phi) is 3.36. The van der Waals surface area contributed by atoms with Gasteiger partial charge in [0.2, 0.25) is 0 Å². The van der Waals surface area contributed by atoms with Crippen LogP contribution in [0.1, 0.15) is 52.7 Å². The van der Waals surface area contributed by atoms with Crippen molar-refractivity contribution >= 4 is 23.3 Å². The van der Waals surface area contributed by atoms with Crippen LogP contribution in [-0.2, 0) is 0 Å². The van der Waals surface area contributed by atoms with Crippen molar-refractivity contribution in [3.8, 4) is 0 Å². The predicted octanol–water partition coefficient (Wildman–Crippen LogP) is 5.33. The first-order chi connectivity index (χ1) is 12.1. The number of rotatable bonds is 2. The highest BCUT2D eigenvalue weighted by Gasteiger charge is 2.54. The summed E-state index contributed by atoms with van der Waals surface area (Å²) in [5.74, 6) is 1.44. The number of nitrogens with one attached hydrogen (secondary N) is 1. The maximum atomic E-state index is 11.8. The molecule has 3 nitrogen and oxygen atoms in total. The van der Waals surface area contributed by atoms with E-state index < -0.39 is 5.97 Å². The number of hydrogen-bond acceptors (Lipinski definition) is 2. The molecule has 2 N–H and O–H groups in total. The first kappa shape index (κ1) is 15.3. The Morgan fingerprint density at radius 3 is 2.60 bits per heavy atom. The molecule has 0 unspecified atom stereocenters. The molecule has 5 atom stereocenters. The molecule has 2 fully saturated rings. The largest absolute Gasteiger partial charge is 0.478 e. The van der Waals surface area contributed by atoms with Crippen LogP contribution in [0.5, 0.6) is 0 Å². The van der Waals surface area contributed by atoms with E-state index in [1.54, 1.807) is 6.07 Å². The Balaban J connectivity index is 1.70. The van der Waals surface area contributed by atoms with Gasteiger partial charge in [-0.3, -0.25) is 0 Å². The third kappa shape index (κ3) is 2.15. The van der Waals surface area contributed by atoms with E-state index in [-0.39, 0.29) is 6.04 Å². The second kappa shape index (κ2) is 5.50. The highest BCUT2D eigenvalue weighted by molar-refractivity contribution is 6.31. The Labute approximate surface area is 152 Å². The molecular formula is C21H20ClNO2. The lowest BCUT2D eigenvalue weighted by atomic mass is 9.67. The summed E-state index contributed by atoms with van der Waals surface area (Å²) in [5.41, 5.74) is 3.46. The fraction of sp³-hybridized carbons (Fsp3) is 0.381. The van der Waals surface area contributed by atoms with Crippen molar-refractivity contribution in [2.24, 2.45) is 17.8 Å². The summed E-state index contributed by atoms with van der Waals surface area (Å²) in [6.45, 7) is 0. The van der Waals surface area contributed by atoms with Gasteiger partial charge in [-0.1, -0.05) is 41.9 Å². The highest BCUT2D eigenvalue weighted by atomic mass is 35.5. The smallest absolute Gasteiger partial charge is 0.337 e. The Bertz CT molecular complexity index is 865. The average molecular weight is 354 g/mol. The molecule has 1 aliphatic heterocycles. The zero-order valence-electron chi connectivity index (χ0n) is 13.8. The van der Waals surface area contributed by atoms with Crippen molar-refractivity contribution in [2.45, 2.75) is 31.2 Å². The number of halogens is 1. The average Bonchev–Trinajstić information content (AvgIpc) is 3.23. The number of anilines is 1. The summed E-state index contributed by atoms with van der Waals surface area (Å²) >= 11 is 6.52. The number of aromatic carboxylic acids is 1. The van der Waals surface area contributed by atoms with Gasteiger partial charge in [-0.05, 0) is 66.2 Å². The van der Waals surface area contributed by atoms with Crippen LogP contribution < -0.4 is 5.32 Å². The number of hydrogen-bond donors (Lipinski definition) is 2. The van der Waals surface area contributed by atoms with Crippen LogP contribution >= 0.6 is 11.6 Å². The van der Waals surface area contributed by atoms with Gasteiger partial charge in [0.1, 0.15) is 0 Å². The highest BCUT2D eigenvalue weighted by Crippen LogP contribution is 2.64. The quantitative estimate of drug-likeness (QED) is 0.766. The van der Waals surface area contributed by atoms with Crippen LogP contribution in [0, 0.1) is 17.8 Å². The fourth-order valence-corrected chi connectivity index (χ4v) is 5.98. The van der Waals surface area contributed by atoms with Crippen molar-refractivity contribution in [1.29, 1.82) is 0 Å². The van der Waals surface area contributed by atoms with Crippen LogP contribution in [0.25, 0.3) is 0 Å². The maximum absolute atomic E-state index is 11.8. The summed E-state index contributed by atoms with van der Waals surface area (Å²) < 4.78 is 0.